The first kappa shape index (κ1) is 11.5. The number of hydrogen-bond acceptors (Lipinski definition) is 1. The van der Waals surface area contributed by atoms with Crippen molar-refractivity contribution in [1.29, 1.82) is 0 Å². The Bertz CT molecular complexity index is 462. The van der Waals surface area contributed by atoms with Gasteiger partial charge < -0.3 is 4.90 Å². The molecule has 2 rings (SSSR count). The summed E-state index contributed by atoms with van der Waals surface area (Å²) in [5.41, 5.74) is 2.21. The Labute approximate surface area is 102 Å². The Morgan fingerprint density at radius 1 is 1.41 bits per heavy atom. The zero-order valence-electron chi connectivity index (χ0n) is 10.0. The first-order chi connectivity index (χ1) is 8.24. The lowest BCUT2D eigenvalue weighted by atomic mass is 10.1. The van der Waals surface area contributed by atoms with E-state index in [-0.39, 0.29) is 6.03 Å². The highest BCUT2D eigenvalue weighted by atomic mass is 16.2. The number of carbonyl (C=O) groups is 1. The second kappa shape index (κ2) is 4.92. The largest absolute Gasteiger partial charge is 0.324 e. The van der Waals surface area contributed by atoms with Crippen molar-refractivity contribution < 1.29 is 4.79 Å². The predicted octanol–water partition coefficient (Wildman–Crippen LogP) is 2.47. The summed E-state index contributed by atoms with van der Waals surface area (Å²) in [6.45, 7) is 1.37. The van der Waals surface area contributed by atoms with Crippen LogP contribution in [0.2, 0.25) is 0 Å². The number of carbonyl (C=O) groups excluding carboxylic acids is 1. The smallest absolute Gasteiger partial charge is 0.323 e. The molecule has 1 aliphatic heterocycles. The van der Waals surface area contributed by atoms with E-state index >= 15 is 0 Å². The van der Waals surface area contributed by atoms with Crippen LogP contribution in [0.25, 0.3) is 0 Å². The topological polar surface area (TPSA) is 23.6 Å². The first-order valence-electron chi connectivity index (χ1n) is 5.78. The monoisotopic (exact) mass is 228 g/mol. The Kier molecular flexibility index (Phi) is 3.34. The van der Waals surface area contributed by atoms with E-state index in [9.17, 15) is 4.79 Å². The molecule has 3 nitrogen and oxygen atoms in total. The molecule has 1 aromatic carbocycles. The normalized spacial score (nSPS) is 14.5. The molecule has 0 radical (unpaired) electrons. The molecule has 88 valence electrons. The standard InChI is InChI=1S/C14H16N2O/c1-3-4-7-10-16-13-9-6-5-8-12(13)11-15(2)14(16)17/h1,5-6,8-9H,4,7,10-11H2,2H3. The molecule has 0 bridgehead atoms. The number of urea groups is 1. The summed E-state index contributed by atoms with van der Waals surface area (Å²) in [6.07, 6.45) is 6.78. The maximum absolute atomic E-state index is 12.1. The number of amides is 2. The summed E-state index contributed by atoms with van der Waals surface area (Å²) in [5.74, 6) is 2.61. The Balaban J connectivity index is 2.23. The van der Waals surface area contributed by atoms with Crippen molar-refractivity contribution in [2.75, 3.05) is 18.5 Å². The van der Waals surface area contributed by atoms with Gasteiger partial charge in [0.25, 0.3) is 0 Å². The molecule has 17 heavy (non-hydrogen) atoms. The van der Waals surface area contributed by atoms with Gasteiger partial charge in [0.1, 0.15) is 0 Å². The van der Waals surface area contributed by atoms with Gasteiger partial charge in [-0.1, -0.05) is 18.2 Å². The maximum atomic E-state index is 12.1. The molecule has 1 aromatic rings. The second-order valence-corrected chi connectivity index (χ2v) is 4.23. The van der Waals surface area contributed by atoms with Gasteiger partial charge in [0.2, 0.25) is 0 Å². The van der Waals surface area contributed by atoms with E-state index in [0.29, 0.717) is 19.5 Å². The van der Waals surface area contributed by atoms with Crippen molar-refractivity contribution in [1.82, 2.24) is 4.90 Å². The van der Waals surface area contributed by atoms with Gasteiger partial charge in [-0.15, -0.1) is 12.3 Å². The maximum Gasteiger partial charge on any atom is 0.324 e. The molecular formula is C14H16N2O. The minimum Gasteiger partial charge on any atom is -0.323 e. The van der Waals surface area contributed by atoms with Crippen LogP contribution >= 0.6 is 0 Å². The SMILES string of the molecule is C#CCCCN1C(=O)N(C)Cc2ccccc21. The van der Waals surface area contributed by atoms with Crippen LogP contribution in [-0.2, 0) is 6.54 Å². The molecule has 0 aliphatic carbocycles. The average molecular weight is 228 g/mol. The van der Waals surface area contributed by atoms with Crippen LogP contribution < -0.4 is 4.90 Å². The highest BCUT2D eigenvalue weighted by molar-refractivity contribution is 5.94. The van der Waals surface area contributed by atoms with E-state index in [1.807, 2.05) is 30.1 Å². The Morgan fingerprint density at radius 2 is 2.18 bits per heavy atom. The summed E-state index contributed by atoms with van der Waals surface area (Å²) in [6, 6.07) is 8.08. The fraction of sp³-hybridized carbons (Fsp3) is 0.357. The van der Waals surface area contributed by atoms with Gasteiger partial charge in [0.05, 0.1) is 5.69 Å². The van der Waals surface area contributed by atoms with Gasteiger partial charge in [0.15, 0.2) is 0 Å². The molecule has 0 saturated carbocycles. The quantitative estimate of drug-likeness (QED) is 0.576. The van der Waals surface area contributed by atoms with Crippen molar-refractivity contribution in [2.24, 2.45) is 0 Å². The number of para-hydroxylation sites is 1. The predicted molar refractivity (Wildman–Crippen MR) is 68.7 cm³/mol. The number of anilines is 1. The number of hydrogen-bond donors (Lipinski definition) is 0. The van der Waals surface area contributed by atoms with Gasteiger partial charge >= 0.3 is 6.03 Å². The van der Waals surface area contributed by atoms with Crippen LogP contribution in [-0.4, -0.2) is 24.5 Å². The molecular weight excluding hydrogens is 212 g/mol. The van der Waals surface area contributed by atoms with E-state index in [1.165, 1.54) is 5.56 Å². The minimum absolute atomic E-state index is 0.0562. The third-order valence-corrected chi connectivity index (χ3v) is 2.95. The zero-order valence-corrected chi connectivity index (χ0v) is 10.0. The number of rotatable bonds is 3. The fourth-order valence-corrected chi connectivity index (χ4v) is 2.10. The minimum atomic E-state index is 0.0562. The van der Waals surface area contributed by atoms with Gasteiger partial charge in [-0.3, -0.25) is 4.90 Å². The molecule has 2 amide bonds. The molecule has 0 saturated heterocycles. The van der Waals surface area contributed by atoms with Crippen LogP contribution in [0.3, 0.4) is 0 Å². The van der Waals surface area contributed by atoms with Gasteiger partial charge in [-0.2, -0.15) is 0 Å². The van der Waals surface area contributed by atoms with Crippen LogP contribution in [0.4, 0.5) is 10.5 Å². The summed E-state index contributed by atoms with van der Waals surface area (Å²) in [7, 11) is 1.83. The van der Waals surface area contributed by atoms with Crippen molar-refractivity contribution >= 4 is 11.7 Å². The molecule has 1 heterocycles. The molecule has 0 fully saturated rings. The summed E-state index contributed by atoms with van der Waals surface area (Å²) in [5, 5.41) is 0. The lowest BCUT2D eigenvalue weighted by Crippen LogP contribution is -2.45. The van der Waals surface area contributed by atoms with Gasteiger partial charge in [0, 0.05) is 26.6 Å². The highest BCUT2D eigenvalue weighted by Crippen LogP contribution is 2.27. The van der Waals surface area contributed by atoms with Crippen LogP contribution in [0.1, 0.15) is 18.4 Å². The Hall–Kier alpha value is -1.95. The van der Waals surface area contributed by atoms with Crippen LogP contribution in [0.15, 0.2) is 24.3 Å². The zero-order chi connectivity index (χ0) is 12.3. The fourth-order valence-electron chi connectivity index (χ4n) is 2.10. The molecule has 0 atom stereocenters. The van der Waals surface area contributed by atoms with Gasteiger partial charge in [-0.25, -0.2) is 4.79 Å². The van der Waals surface area contributed by atoms with E-state index in [1.54, 1.807) is 4.90 Å². The molecule has 0 unspecified atom stereocenters. The van der Waals surface area contributed by atoms with Crippen molar-refractivity contribution in [3.05, 3.63) is 29.8 Å². The van der Waals surface area contributed by atoms with Crippen molar-refractivity contribution in [3.8, 4) is 12.3 Å². The molecule has 0 N–H and O–H groups in total. The third-order valence-electron chi connectivity index (χ3n) is 2.95. The molecule has 3 heteroatoms. The Morgan fingerprint density at radius 3 is 2.94 bits per heavy atom. The number of nitrogens with zero attached hydrogens (tertiary/aromatic N) is 2. The molecule has 0 spiro atoms. The molecule has 0 aromatic heterocycles. The highest BCUT2D eigenvalue weighted by Gasteiger charge is 2.26. The average Bonchev–Trinajstić information content (AvgIpc) is 2.34. The van der Waals surface area contributed by atoms with Gasteiger partial charge in [-0.05, 0) is 18.1 Å². The van der Waals surface area contributed by atoms with E-state index in [4.69, 9.17) is 6.42 Å². The van der Waals surface area contributed by atoms with E-state index in [2.05, 4.69) is 12.0 Å². The lowest BCUT2D eigenvalue weighted by molar-refractivity contribution is 0.210. The first-order valence-corrected chi connectivity index (χ1v) is 5.78. The number of fused-ring (bicyclic) bond motifs is 1. The van der Waals surface area contributed by atoms with Crippen molar-refractivity contribution in [3.63, 3.8) is 0 Å². The number of unbranched alkanes of at least 4 members (excludes halogenated alkanes) is 1. The third kappa shape index (κ3) is 2.26. The van der Waals surface area contributed by atoms with Crippen molar-refractivity contribution in [2.45, 2.75) is 19.4 Å². The molecule has 1 aliphatic rings. The lowest BCUT2D eigenvalue weighted by Gasteiger charge is -2.35. The number of benzene rings is 1. The van der Waals surface area contributed by atoms with Crippen LogP contribution in [0.5, 0.6) is 0 Å². The van der Waals surface area contributed by atoms with Crippen LogP contribution in [0, 0.1) is 12.3 Å². The summed E-state index contributed by atoms with van der Waals surface area (Å²) in [4.78, 5) is 15.6. The number of terminal acetylenes is 1. The second-order valence-electron chi connectivity index (χ2n) is 4.23. The van der Waals surface area contributed by atoms with E-state index in [0.717, 1.165) is 12.1 Å². The van der Waals surface area contributed by atoms with E-state index < -0.39 is 0 Å². The summed E-state index contributed by atoms with van der Waals surface area (Å²) >= 11 is 0. The summed E-state index contributed by atoms with van der Waals surface area (Å²) < 4.78 is 0.